The first kappa shape index (κ1) is 13.5. The molecule has 2 nitrogen and oxygen atoms in total. The normalized spacial score (nSPS) is 19.2. The van der Waals surface area contributed by atoms with E-state index in [1.165, 1.54) is 45.4 Å². The Hall–Kier alpha value is -0.530. The number of esters is 1. The van der Waals surface area contributed by atoms with Gasteiger partial charge in [0.1, 0.15) is 5.60 Å². The van der Waals surface area contributed by atoms with Gasteiger partial charge in [0.2, 0.25) is 0 Å². The smallest absolute Gasteiger partial charge is 0.303 e. The van der Waals surface area contributed by atoms with Crippen LogP contribution in [0.15, 0.2) is 0 Å². The molecular weight excluding hydrogens is 200 g/mol. The summed E-state index contributed by atoms with van der Waals surface area (Å²) in [5.41, 5.74) is -0.184. The number of carbonyl (C=O) groups is 1. The van der Waals surface area contributed by atoms with Crippen LogP contribution in [0.4, 0.5) is 0 Å². The molecule has 0 N–H and O–H groups in total. The van der Waals surface area contributed by atoms with Crippen molar-refractivity contribution >= 4 is 5.97 Å². The summed E-state index contributed by atoms with van der Waals surface area (Å²) >= 11 is 0. The van der Waals surface area contributed by atoms with Crippen LogP contribution in [0.2, 0.25) is 0 Å². The second-order valence-electron chi connectivity index (χ2n) is 5.05. The fourth-order valence-electron chi connectivity index (χ4n) is 3.15. The van der Waals surface area contributed by atoms with Crippen LogP contribution in [0.3, 0.4) is 0 Å². The highest BCUT2D eigenvalue weighted by Crippen LogP contribution is 2.38. The van der Waals surface area contributed by atoms with Gasteiger partial charge in [-0.2, -0.15) is 0 Å². The van der Waals surface area contributed by atoms with Gasteiger partial charge in [0.15, 0.2) is 0 Å². The Balaban J connectivity index is 2.76. The molecule has 0 radical (unpaired) electrons. The summed E-state index contributed by atoms with van der Waals surface area (Å²) in [6.45, 7) is 5.84. The van der Waals surface area contributed by atoms with E-state index in [1.54, 1.807) is 0 Å². The van der Waals surface area contributed by atoms with Gasteiger partial charge in [-0.15, -0.1) is 0 Å². The van der Waals surface area contributed by atoms with Gasteiger partial charge in [0.25, 0.3) is 0 Å². The summed E-state index contributed by atoms with van der Waals surface area (Å²) in [5.74, 6) is 0.460. The average Bonchev–Trinajstić information content (AvgIpc) is 2.54. The number of hydrogen-bond donors (Lipinski definition) is 0. The zero-order valence-electron chi connectivity index (χ0n) is 11.1. The Morgan fingerprint density at radius 1 is 1.12 bits per heavy atom. The Kier molecular flexibility index (Phi) is 5.30. The summed E-state index contributed by atoms with van der Waals surface area (Å²) in [7, 11) is 0. The van der Waals surface area contributed by atoms with Gasteiger partial charge >= 0.3 is 5.97 Å². The summed E-state index contributed by atoms with van der Waals surface area (Å²) in [6.07, 6.45) is 9.66. The van der Waals surface area contributed by atoms with Crippen molar-refractivity contribution in [1.82, 2.24) is 0 Å². The summed E-state index contributed by atoms with van der Waals surface area (Å²) in [5, 5.41) is 0. The molecule has 0 atom stereocenters. The minimum Gasteiger partial charge on any atom is -0.459 e. The van der Waals surface area contributed by atoms with E-state index < -0.39 is 0 Å². The fraction of sp³-hybridized carbons (Fsp3) is 0.929. The molecule has 1 aliphatic rings. The lowest BCUT2D eigenvalue weighted by molar-refractivity contribution is -0.165. The summed E-state index contributed by atoms with van der Waals surface area (Å²) in [6, 6.07) is 0. The molecule has 0 aromatic carbocycles. The van der Waals surface area contributed by atoms with Gasteiger partial charge in [0, 0.05) is 6.92 Å². The highest BCUT2D eigenvalue weighted by molar-refractivity contribution is 5.66. The van der Waals surface area contributed by atoms with Crippen LogP contribution in [0.5, 0.6) is 0 Å². The molecule has 16 heavy (non-hydrogen) atoms. The molecule has 0 unspecified atom stereocenters. The second kappa shape index (κ2) is 6.27. The Morgan fingerprint density at radius 2 is 1.62 bits per heavy atom. The number of ether oxygens (including phenoxy) is 1. The van der Waals surface area contributed by atoms with Crippen LogP contribution in [-0.4, -0.2) is 11.6 Å². The maximum atomic E-state index is 11.3. The van der Waals surface area contributed by atoms with Gasteiger partial charge in [-0.3, -0.25) is 4.79 Å². The minimum atomic E-state index is -0.184. The minimum absolute atomic E-state index is 0.118. The fourth-order valence-corrected chi connectivity index (χ4v) is 3.15. The first-order valence-electron chi connectivity index (χ1n) is 6.84. The molecule has 94 valence electrons. The number of hydrogen-bond acceptors (Lipinski definition) is 2. The molecule has 2 heteroatoms. The highest BCUT2D eigenvalue weighted by Gasteiger charge is 2.38. The van der Waals surface area contributed by atoms with E-state index in [2.05, 4.69) is 13.8 Å². The standard InChI is InChI=1S/C14H26O2/c1-4-14(5-2,16-12(3)15)13-10-8-6-7-9-11-13/h13H,4-11H2,1-3H3. The van der Waals surface area contributed by atoms with E-state index >= 15 is 0 Å². The van der Waals surface area contributed by atoms with E-state index in [4.69, 9.17) is 4.74 Å². The van der Waals surface area contributed by atoms with Crippen molar-refractivity contribution in [3.63, 3.8) is 0 Å². The monoisotopic (exact) mass is 226 g/mol. The lowest BCUT2D eigenvalue weighted by Gasteiger charge is -2.38. The van der Waals surface area contributed by atoms with Crippen molar-refractivity contribution < 1.29 is 9.53 Å². The van der Waals surface area contributed by atoms with Gasteiger partial charge in [-0.25, -0.2) is 0 Å². The average molecular weight is 226 g/mol. The predicted octanol–water partition coefficient (Wildman–Crippen LogP) is 4.08. The molecule has 0 aromatic rings. The molecule has 1 aliphatic carbocycles. The van der Waals surface area contributed by atoms with Gasteiger partial charge < -0.3 is 4.74 Å². The molecule has 0 heterocycles. The first-order chi connectivity index (χ1) is 7.64. The van der Waals surface area contributed by atoms with Crippen LogP contribution in [0.25, 0.3) is 0 Å². The third-order valence-electron chi connectivity index (χ3n) is 4.14. The molecule has 0 aliphatic heterocycles. The lowest BCUT2D eigenvalue weighted by Crippen LogP contribution is -2.41. The zero-order chi connectivity index (χ0) is 12.0. The molecule has 0 aromatic heterocycles. The zero-order valence-corrected chi connectivity index (χ0v) is 11.1. The van der Waals surface area contributed by atoms with Crippen LogP contribution in [-0.2, 0) is 9.53 Å². The predicted molar refractivity (Wildman–Crippen MR) is 66.3 cm³/mol. The molecule has 1 saturated carbocycles. The molecule has 0 bridgehead atoms. The summed E-state index contributed by atoms with van der Waals surface area (Å²) in [4.78, 5) is 11.3. The van der Waals surface area contributed by atoms with E-state index in [9.17, 15) is 4.79 Å². The first-order valence-corrected chi connectivity index (χ1v) is 6.84. The second-order valence-corrected chi connectivity index (χ2v) is 5.05. The Morgan fingerprint density at radius 3 is 2.00 bits per heavy atom. The van der Waals surface area contributed by atoms with Crippen molar-refractivity contribution in [2.45, 2.75) is 77.7 Å². The number of rotatable bonds is 4. The highest BCUT2D eigenvalue weighted by atomic mass is 16.6. The van der Waals surface area contributed by atoms with E-state index in [1.807, 2.05) is 0 Å². The molecule has 0 amide bonds. The summed E-state index contributed by atoms with van der Waals surface area (Å²) < 4.78 is 5.69. The number of carbonyl (C=O) groups excluding carboxylic acids is 1. The Labute approximate surface area is 99.8 Å². The van der Waals surface area contributed by atoms with Gasteiger partial charge in [0.05, 0.1) is 0 Å². The molecule has 1 fully saturated rings. The third-order valence-corrected chi connectivity index (χ3v) is 4.14. The van der Waals surface area contributed by atoms with Gasteiger partial charge in [-0.05, 0) is 31.6 Å². The molecule has 0 spiro atoms. The van der Waals surface area contributed by atoms with Crippen LogP contribution in [0.1, 0.15) is 72.1 Å². The SMILES string of the molecule is CCC(CC)(OC(C)=O)C1CCCCCC1. The molecule has 1 rings (SSSR count). The van der Waals surface area contributed by atoms with Crippen molar-refractivity contribution in [3.8, 4) is 0 Å². The maximum absolute atomic E-state index is 11.3. The van der Waals surface area contributed by atoms with E-state index in [-0.39, 0.29) is 11.6 Å². The molecular formula is C14H26O2. The van der Waals surface area contributed by atoms with Gasteiger partial charge in [-0.1, -0.05) is 39.5 Å². The lowest BCUT2D eigenvalue weighted by atomic mass is 9.78. The van der Waals surface area contributed by atoms with E-state index in [0.717, 1.165) is 12.8 Å². The largest absolute Gasteiger partial charge is 0.459 e. The van der Waals surface area contributed by atoms with Crippen molar-refractivity contribution in [2.75, 3.05) is 0 Å². The van der Waals surface area contributed by atoms with Crippen molar-refractivity contribution in [3.05, 3.63) is 0 Å². The maximum Gasteiger partial charge on any atom is 0.303 e. The van der Waals surface area contributed by atoms with Crippen molar-refractivity contribution in [2.24, 2.45) is 5.92 Å². The molecule has 0 saturated heterocycles. The topological polar surface area (TPSA) is 26.3 Å². The Bertz CT molecular complexity index is 211. The van der Waals surface area contributed by atoms with E-state index in [0.29, 0.717) is 5.92 Å². The quantitative estimate of drug-likeness (QED) is 0.533. The van der Waals surface area contributed by atoms with Crippen LogP contribution >= 0.6 is 0 Å². The third kappa shape index (κ3) is 3.23. The van der Waals surface area contributed by atoms with Crippen LogP contribution < -0.4 is 0 Å². The van der Waals surface area contributed by atoms with Crippen LogP contribution in [0, 0.1) is 5.92 Å². The van der Waals surface area contributed by atoms with Crippen molar-refractivity contribution in [1.29, 1.82) is 0 Å².